The van der Waals surface area contributed by atoms with Crippen LogP contribution in [0, 0.1) is 0 Å². The molecular formula is C9H17F3N2. The SMILES string of the molecule is CCC(N)CCNC1(C(F)(F)F)CC1. The van der Waals surface area contributed by atoms with Crippen LogP contribution in [0.1, 0.15) is 32.6 Å². The van der Waals surface area contributed by atoms with Crippen LogP contribution in [0.15, 0.2) is 0 Å². The summed E-state index contributed by atoms with van der Waals surface area (Å²) in [6.07, 6.45) is -2.28. The van der Waals surface area contributed by atoms with Gasteiger partial charge in [0.25, 0.3) is 0 Å². The first-order valence-electron chi connectivity index (χ1n) is 4.98. The van der Waals surface area contributed by atoms with E-state index in [0.29, 0.717) is 13.0 Å². The van der Waals surface area contributed by atoms with Crippen LogP contribution in [-0.4, -0.2) is 24.3 Å². The second kappa shape index (κ2) is 4.06. The predicted octanol–water partition coefficient (Wildman–Crippen LogP) is 1.80. The summed E-state index contributed by atoms with van der Waals surface area (Å²) in [6.45, 7) is 2.29. The van der Waals surface area contributed by atoms with Crippen LogP contribution in [0.25, 0.3) is 0 Å². The van der Waals surface area contributed by atoms with Gasteiger partial charge in [-0.3, -0.25) is 0 Å². The molecule has 0 amide bonds. The van der Waals surface area contributed by atoms with Gasteiger partial charge in [0, 0.05) is 6.04 Å². The van der Waals surface area contributed by atoms with Crippen molar-refractivity contribution in [1.82, 2.24) is 5.32 Å². The maximum Gasteiger partial charge on any atom is 0.406 e. The average molecular weight is 210 g/mol. The van der Waals surface area contributed by atoms with Crippen LogP contribution < -0.4 is 11.1 Å². The monoisotopic (exact) mass is 210 g/mol. The summed E-state index contributed by atoms with van der Waals surface area (Å²) in [7, 11) is 0. The largest absolute Gasteiger partial charge is 0.406 e. The van der Waals surface area contributed by atoms with Crippen LogP contribution in [-0.2, 0) is 0 Å². The summed E-state index contributed by atoms with van der Waals surface area (Å²) < 4.78 is 37.2. The molecule has 0 aliphatic heterocycles. The molecular weight excluding hydrogens is 193 g/mol. The molecule has 1 fully saturated rings. The van der Waals surface area contributed by atoms with Gasteiger partial charge < -0.3 is 11.1 Å². The minimum Gasteiger partial charge on any atom is -0.328 e. The first-order chi connectivity index (χ1) is 6.41. The van der Waals surface area contributed by atoms with Crippen molar-refractivity contribution in [3.05, 3.63) is 0 Å². The van der Waals surface area contributed by atoms with Gasteiger partial charge in [0.05, 0.1) is 0 Å². The smallest absolute Gasteiger partial charge is 0.328 e. The fourth-order valence-electron chi connectivity index (χ4n) is 1.39. The Labute approximate surface area is 82.0 Å². The van der Waals surface area contributed by atoms with Crippen LogP contribution in [0.2, 0.25) is 0 Å². The van der Waals surface area contributed by atoms with Crippen molar-refractivity contribution in [2.45, 2.75) is 50.4 Å². The molecule has 0 spiro atoms. The zero-order valence-electron chi connectivity index (χ0n) is 8.32. The van der Waals surface area contributed by atoms with Crippen molar-refractivity contribution in [1.29, 1.82) is 0 Å². The van der Waals surface area contributed by atoms with E-state index in [-0.39, 0.29) is 18.9 Å². The Bertz CT molecular complexity index is 187. The molecule has 1 aliphatic rings. The van der Waals surface area contributed by atoms with Gasteiger partial charge in [-0.05, 0) is 32.2 Å². The molecule has 1 atom stereocenters. The third-order valence-corrected chi connectivity index (χ3v) is 2.80. The Hall–Kier alpha value is -0.290. The lowest BCUT2D eigenvalue weighted by Gasteiger charge is -2.21. The van der Waals surface area contributed by atoms with Crippen molar-refractivity contribution in [3.63, 3.8) is 0 Å². The maximum absolute atomic E-state index is 12.4. The van der Waals surface area contributed by atoms with Gasteiger partial charge in [-0.25, -0.2) is 0 Å². The molecule has 1 unspecified atom stereocenters. The summed E-state index contributed by atoms with van der Waals surface area (Å²) >= 11 is 0. The zero-order chi connectivity index (χ0) is 10.8. The van der Waals surface area contributed by atoms with E-state index in [1.165, 1.54) is 0 Å². The van der Waals surface area contributed by atoms with Gasteiger partial charge in [-0.15, -0.1) is 0 Å². The quantitative estimate of drug-likeness (QED) is 0.726. The molecule has 3 N–H and O–H groups in total. The lowest BCUT2D eigenvalue weighted by Crippen LogP contribution is -2.46. The van der Waals surface area contributed by atoms with E-state index in [4.69, 9.17) is 5.73 Å². The first-order valence-corrected chi connectivity index (χ1v) is 4.98. The van der Waals surface area contributed by atoms with E-state index < -0.39 is 11.7 Å². The minimum atomic E-state index is -4.11. The summed E-state index contributed by atoms with van der Waals surface area (Å²) in [5.74, 6) is 0. The van der Waals surface area contributed by atoms with E-state index in [0.717, 1.165) is 6.42 Å². The zero-order valence-corrected chi connectivity index (χ0v) is 8.32. The van der Waals surface area contributed by atoms with Crippen LogP contribution in [0.5, 0.6) is 0 Å². The summed E-state index contributed by atoms with van der Waals surface area (Å²) in [4.78, 5) is 0. The summed E-state index contributed by atoms with van der Waals surface area (Å²) in [5, 5.41) is 2.57. The lowest BCUT2D eigenvalue weighted by molar-refractivity contribution is -0.165. The Kier molecular flexibility index (Phi) is 3.42. The fourth-order valence-corrected chi connectivity index (χ4v) is 1.39. The Morgan fingerprint density at radius 1 is 1.43 bits per heavy atom. The van der Waals surface area contributed by atoms with Crippen LogP contribution >= 0.6 is 0 Å². The van der Waals surface area contributed by atoms with Crippen molar-refractivity contribution in [3.8, 4) is 0 Å². The molecule has 1 saturated carbocycles. The number of rotatable bonds is 5. The normalized spacial score (nSPS) is 22.1. The van der Waals surface area contributed by atoms with Crippen molar-refractivity contribution >= 4 is 0 Å². The number of halogens is 3. The highest BCUT2D eigenvalue weighted by atomic mass is 19.4. The Morgan fingerprint density at radius 3 is 2.36 bits per heavy atom. The highest BCUT2D eigenvalue weighted by Crippen LogP contribution is 2.48. The molecule has 0 heterocycles. The van der Waals surface area contributed by atoms with Crippen molar-refractivity contribution in [2.75, 3.05) is 6.54 Å². The third kappa shape index (κ3) is 2.60. The van der Waals surface area contributed by atoms with E-state index in [2.05, 4.69) is 5.32 Å². The second-order valence-electron chi connectivity index (χ2n) is 3.96. The highest BCUT2D eigenvalue weighted by molar-refractivity contribution is 5.07. The number of nitrogens with one attached hydrogen (secondary N) is 1. The maximum atomic E-state index is 12.4. The van der Waals surface area contributed by atoms with Crippen molar-refractivity contribution in [2.24, 2.45) is 5.73 Å². The van der Waals surface area contributed by atoms with Gasteiger partial charge in [0.2, 0.25) is 0 Å². The fraction of sp³-hybridized carbons (Fsp3) is 1.00. The Balaban J connectivity index is 2.25. The number of alkyl halides is 3. The highest BCUT2D eigenvalue weighted by Gasteiger charge is 2.62. The molecule has 84 valence electrons. The molecule has 0 aromatic heterocycles. The first kappa shape index (κ1) is 11.8. The molecule has 2 nitrogen and oxygen atoms in total. The molecule has 0 bridgehead atoms. The number of nitrogens with two attached hydrogens (primary N) is 1. The molecule has 0 aromatic carbocycles. The van der Waals surface area contributed by atoms with Crippen molar-refractivity contribution < 1.29 is 13.2 Å². The third-order valence-electron chi connectivity index (χ3n) is 2.80. The molecule has 14 heavy (non-hydrogen) atoms. The molecule has 0 radical (unpaired) electrons. The molecule has 0 saturated heterocycles. The van der Waals surface area contributed by atoms with Gasteiger partial charge in [0.15, 0.2) is 0 Å². The topological polar surface area (TPSA) is 38.0 Å². The molecule has 1 aliphatic carbocycles. The molecule has 5 heteroatoms. The minimum absolute atomic E-state index is 0.00605. The Morgan fingerprint density at radius 2 is 2.00 bits per heavy atom. The van der Waals surface area contributed by atoms with E-state index in [9.17, 15) is 13.2 Å². The summed E-state index contributed by atoms with van der Waals surface area (Å²) in [6, 6.07) is 0.00605. The predicted molar refractivity (Wildman–Crippen MR) is 48.9 cm³/mol. The standard InChI is InChI=1S/C9H17F3N2/c1-2-7(13)3-6-14-8(4-5-8)9(10,11)12/h7,14H,2-6,13H2,1H3. The average Bonchev–Trinajstić information content (AvgIpc) is 2.84. The van der Waals surface area contributed by atoms with Gasteiger partial charge in [-0.2, -0.15) is 13.2 Å². The lowest BCUT2D eigenvalue weighted by atomic mass is 10.1. The van der Waals surface area contributed by atoms with Crippen LogP contribution in [0.3, 0.4) is 0 Å². The number of hydrogen-bond donors (Lipinski definition) is 2. The van der Waals surface area contributed by atoms with E-state index >= 15 is 0 Å². The van der Waals surface area contributed by atoms with Crippen LogP contribution in [0.4, 0.5) is 13.2 Å². The van der Waals surface area contributed by atoms with Gasteiger partial charge >= 0.3 is 6.18 Å². The number of hydrogen-bond acceptors (Lipinski definition) is 2. The molecule has 1 rings (SSSR count). The van der Waals surface area contributed by atoms with E-state index in [1.807, 2.05) is 6.92 Å². The summed E-state index contributed by atoms with van der Waals surface area (Å²) in [5.41, 5.74) is 4.03. The van der Waals surface area contributed by atoms with Gasteiger partial charge in [0.1, 0.15) is 5.54 Å². The second-order valence-corrected chi connectivity index (χ2v) is 3.96. The van der Waals surface area contributed by atoms with Gasteiger partial charge in [-0.1, -0.05) is 6.92 Å². The van der Waals surface area contributed by atoms with E-state index in [1.54, 1.807) is 0 Å². The molecule has 0 aromatic rings.